The average molecular weight is 341 g/mol. The molecule has 0 aliphatic rings. The summed E-state index contributed by atoms with van der Waals surface area (Å²) >= 11 is 7.58. The molecule has 0 aliphatic carbocycles. The number of pyridine rings is 1. The lowest BCUT2D eigenvalue weighted by Gasteiger charge is -2.09. The Kier molecular flexibility index (Phi) is 3.56. The van der Waals surface area contributed by atoms with Gasteiger partial charge in [-0.1, -0.05) is 29.8 Å². The minimum atomic E-state index is -0.0272. The van der Waals surface area contributed by atoms with E-state index in [1.807, 2.05) is 60.8 Å². The van der Waals surface area contributed by atoms with Crippen LogP contribution < -0.4 is 5.56 Å². The number of thiophene rings is 1. The topological polar surface area (TPSA) is 26.9 Å². The molecule has 4 aromatic rings. The summed E-state index contributed by atoms with van der Waals surface area (Å²) in [4.78, 5) is 13.5. The van der Waals surface area contributed by atoms with Crippen LogP contribution in [0.2, 0.25) is 4.34 Å². The van der Waals surface area contributed by atoms with Gasteiger partial charge in [0.2, 0.25) is 0 Å². The van der Waals surface area contributed by atoms with Gasteiger partial charge in [-0.3, -0.25) is 9.36 Å². The molecule has 0 N–H and O–H groups in total. The largest absolute Gasteiger partial charge is 0.341 e. The third kappa shape index (κ3) is 2.60. The molecule has 0 bridgehead atoms. The lowest BCUT2D eigenvalue weighted by atomic mass is 10.3. The summed E-state index contributed by atoms with van der Waals surface area (Å²) in [5.74, 6) is 0. The molecule has 0 spiro atoms. The van der Waals surface area contributed by atoms with Gasteiger partial charge in [0.15, 0.2) is 0 Å². The molecule has 3 aromatic heterocycles. The van der Waals surface area contributed by atoms with Gasteiger partial charge < -0.3 is 4.57 Å². The molecule has 0 saturated carbocycles. The number of rotatable bonds is 3. The second-order valence-corrected chi connectivity index (χ2v) is 7.06. The van der Waals surface area contributed by atoms with Crippen molar-refractivity contribution in [2.75, 3.05) is 0 Å². The number of hydrogen-bond acceptors (Lipinski definition) is 2. The second-order valence-electron chi connectivity index (χ2n) is 5.26. The lowest BCUT2D eigenvalue weighted by Crippen LogP contribution is -2.17. The number of fused-ring (bicyclic) bond motifs is 1. The van der Waals surface area contributed by atoms with E-state index in [0.717, 1.165) is 27.6 Å². The summed E-state index contributed by atoms with van der Waals surface area (Å²) in [5, 5.41) is 0. The van der Waals surface area contributed by atoms with Crippen LogP contribution in [0.5, 0.6) is 0 Å². The standard InChI is InChI=1S/C18H13ClN2OS/c19-17-8-6-14(23-17)12-20-11-10-16-15(20)7-9-18(22)21(16)13-4-2-1-3-5-13/h1-11H,12H2. The molecule has 3 nitrogen and oxygen atoms in total. The first-order valence-corrected chi connectivity index (χ1v) is 8.42. The molecule has 0 amide bonds. The maximum atomic E-state index is 12.3. The van der Waals surface area contributed by atoms with Gasteiger partial charge >= 0.3 is 0 Å². The third-order valence-electron chi connectivity index (χ3n) is 3.80. The van der Waals surface area contributed by atoms with Crippen molar-refractivity contribution in [2.45, 2.75) is 6.54 Å². The summed E-state index contributed by atoms with van der Waals surface area (Å²) in [6, 6.07) is 19.1. The summed E-state index contributed by atoms with van der Waals surface area (Å²) in [6.07, 6.45) is 2.01. The Morgan fingerprint density at radius 2 is 1.74 bits per heavy atom. The van der Waals surface area contributed by atoms with Crippen molar-refractivity contribution in [2.24, 2.45) is 0 Å². The molecule has 0 atom stereocenters. The molecule has 1 aromatic carbocycles. The van der Waals surface area contributed by atoms with Crippen LogP contribution in [-0.2, 0) is 6.54 Å². The van der Waals surface area contributed by atoms with E-state index >= 15 is 0 Å². The number of para-hydroxylation sites is 1. The highest BCUT2D eigenvalue weighted by Gasteiger charge is 2.09. The van der Waals surface area contributed by atoms with Gasteiger partial charge in [0.25, 0.3) is 5.56 Å². The first kappa shape index (κ1) is 14.3. The molecule has 114 valence electrons. The van der Waals surface area contributed by atoms with Gasteiger partial charge in [0.1, 0.15) is 0 Å². The summed E-state index contributed by atoms with van der Waals surface area (Å²) in [7, 11) is 0. The van der Waals surface area contributed by atoms with Gasteiger partial charge in [-0.25, -0.2) is 0 Å². The maximum Gasteiger partial charge on any atom is 0.255 e. The number of hydrogen-bond donors (Lipinski definition) is 0. The molecule has 0 aliphatic heterocycles. The first-order chi connectivity index (χ1) is 11.2. The minimum absolute atomic E-state index is 0.0272. The number of aromatic nitrogens is 2. The van der Waals surface area contributed by atoms with Gasteiger partial charge in [-0.2, -0.15) is 0 Å². The second kappa shape index (κ2) is 5.72. The highest BCUT2D eigenvalue weighted by atomic mass is 35.5. The van der Waals surface area contributed by atoms with E-state index in [2.05, 4.69) is 4.57 Å². The van der Waals surface area contributed by atoms with Crippen molar-refractivity contribution in [3.05, 3.63) is 86.4 Å². The highest BCUT2D eigenvalue weighted by molar-refractivity contribution is 7.16. The lowest BCUT2D eigenvalue weighted by molar-refractivity contribution is 0.849. The van der Waals surface area contributed by atoms with E-state index in [4.69, 9.17) is 11.6 Å². The zero-order valence-electron chi connectivity index (χ0n) is 12.1. The first-order valence-electron chi connectivity index (χ1n) is 7.23. The van der Waals surface area contributed by atoms with Gasteiger partial charge in [0.05, 0.1) is 21.9 Å². The third-order valence-corrected chi connectivity index (χ3v) is 5.01. The van der Waals surface area contributed by atoms with Gasteiger partial charge in [-0.15, -0.1) is 11.3 Å². The molecule has 0 saturated heterocycles. The molecule has 5 heteroatoms. The van der Waals surface area contributed by atoms with Crippen LogP contribution in [0.3, 0.4) is 0 Å². The predicted molar refractivity (Wildman–Crippen MR) is 96.0 cm³/mol. The van der Waals surface area contributed by atoms with E-state index in [1.165, 1.54) is 4.88 Å². The Morgan fingerprint density at radius 1 is 0.913 bits per heavy atom. The van der Waals surface area contributed by atoms with Crippen LogP contribution in [-0.4, -0.2) is 9.13 Å². The van der Waals surface area contributed by atoms with Crippen molar-refractivity contribution >= 4 is 34.0 Å². The van der Waals surface area contributed by atoms with E-state index in [0.29, 0.717) is 0 Å². The smallest absolute Gasteiger partial charge is 0.255 e. The van der Waals surface area contributed by atoms with E-state index in [-0.39, 0.29) is 5.56 Å². The van der Waals surface area contributed by atoms with Crippen molar-refractivity contribution in [3.63, 3.8) is 0 Å². The predicted octanol–water partition coefficient (Wildman–Crippen LogP) is 4.56. The number of halogens is 1. The van der Waals surface area contributed by atoms with Crippen molar-refractivity contribution in [1.82, 2.24) is 9.13 Å². The molecule has 4 rings (SSSR count). The molecular weight excluding hydrogens is 328 g/mol. The van der Waals surface area contributed by atoms with Crippen LogP contribution in [0.4, 0.5) is 0 Å². The normalized spacial score (nSPS) is 11.2. The van der Waals surface area contributed by atoms with Crippen molar-refractivity contribution in [3.8, 4) is 5.69 Å². The molecule has 0 radical (unpaired) electrons. The quantitative estimate of drug-likeness (QED) is 0.537. The fourth-order valence-corrected chi connectivity index (χ4v) is 3.86. The Bertz CT molecular complexity index is 1030. The molecule has 0 fully saturated rings. The monoisotopic (exact) mass is 340 g/mol. The fraction of sp³-hybridized carbons (Fsp3) is 0.0556. The summed E-state index contributed by atoms with van der Waals surface area (Å²) in [6.45, 7) is 0.744. The zero-order valence-corrected chi connectivity index (χ0v) is 13.7. The van der Waals surface area contributed by atoms with Crippen LogP contribution in [0, 0.1) is 0 Å². The molecule has 3 heterocycles. The van der Waals surface area contributed by atoms with Gasteiger partial charge in [-0.05, 0) is 36.4 Å². The van der Waals surface area contributed by atoms with Crippen LogP contribution in [0.25, 0.3) is 16.7 Å². The molecular formula is C18H13ClN2OS. The Hall–Kier alpha value is -2.30. The van der Waals surface area contributed by atoms with Crippen molar-refractivity contribution < 1.29 is 0 Å². The number of benzene rings is 1. The van der Waals surface area contributed by atoms with Crippen LogP contribution >= 0.6 is 22.9 Å². The average Bonchev–Trinajstić information content (AvgIpc) is 3.15. The Morgan fingerprint density at radius 3 is 2.48 bits per heavy atom. The Labute approximate surface area is 142 Å². The van der Waals surface area contributed by atoms with Crippen LogP contribution in [0.1, 0.15) is 4.88 Å². The number of nitrogens with zero attached hydrogens (tertiary/aromatic N) is 2. The summed E-state index contributed by atoms with van der Waals surface area (Å²) in [5.41, 5.74) is 2.78. The van der Waals surface area contributed by atoms with Crippen LogP contribution in [0.15, 0.2) is 71.7 Å². The SMILES string of the molecule is O=c1ccc2c(ccn2Cc2ccc(Cl)s2)n1-c1ccccc1. The molecule has 0 unspecified atom stereocenters. The van der Waals surface area contributed by atoms with Gasteiger partial charge in [0, 0.05) is 22.8 Å². The minimum Gasteiger partial charge on any atom is -0.341 e. The van der Waals surface area contributed by atoms with E-state index in [9.17, 15) is 4.79 Å². The Balaban J connectivity index is 1.86. The van der Waals surface area contributed by atoms with E-state index in [1.54, 1.807) is 22.0 Å². The van der Waals surface area contributed by atoms with E-state index < -0.39 is 0 Å². The fourth-order valence-electron chi connectivity index (χ4n) is 2.77. The molecule has 23 heavy (non-hydrogen) atoms. The summed E-state index contributed by atoms with van der Waals surface area (Å²) < 4.78 is 4.67. The maximum absolute atomic E-state index is 12.3. The van der Waals surface area contributed by atoms with Crippen molar-refractivity contribution in [1.29, 1.82) is 0 Å². The zero-order chi connectivity index (χ0) is 15.8. The highest BCUT2D eigenvalue weighted by Crippen LogP contribution is 2.24.